The second-order valence-corrected chi connectivity index (χ2v) is 4.73. The molecule has 0 heterocycles. The Kier molecular flexibility index (Phi) is 4.73. The highest BCUT2D eigenvalue weighted by atomic mass is 16.4. The molecule has 19 heavy (non-hydrogen) atoms. The predicted octanol–water partition coefficient (Wildman–Crippen LogP) is 3.49. The van der Waals surface area contributed by atoms with Gasteiger partial charge in [-0.1, -0.05) is 54.6 Å². The Bertz CT molecular complexity index is 515. The Morgan fingerprint density at radius 2 is 1.32 bits per heavy atom. The van der Waals surface area contributed by atoms with Gasteiger partial charge >= 0.3 is 5.97 Å². The molecule has 0 spiro atoms. The quantitative estimate of drug-likeness (QED) is 0.856. The van der Waals surface area contributed by atoms with Crippen LogP contribution in [0.1, 0.15) is 23.1 Å². The maximum atomic E-state index is 10.6. The Labute approximate surface area is 113 Å². The first-order valence-corrected chi connectivity index (χ1v) is 6.57. The molecule has 2 aromatic carbocycles. The fourth-order valence-corrected chi connectivity index (χ4v) is 2.14. The SMILES string of the molecule is O=C(O)Cc1ccc(CCCc2ccccc2)cc1. The van der Waals surface area contributed by atoms with E-state index in [1.54, 1.807) is 0 Å². The summed E-state index contributed by atoms with van der Waals surface area (Å²) >= 11 is 0. The highest BCUT2D eigenvalue weighted by Crippen LogP contribution is 2.10. The van der Waals surface area contributed by atoms with Crippen molar-refractivity contribution in [2.24, 2.45) is 0 Å². The second kappa shape index (κ2) is 6.74. The third-order valence-electron chi connectivity index (χ3n) is 3.15. The third-order valence-corrected chi connectivity index (χ3v) is 3.15. The van der Waals surface area contributed by atoms with E-state index in [2.05, 4.69) is 24.3 Å². The lowest BCUT2D eigenvalue weighted by atomic mass is 10.0. The van der Waals surface area contributed by atoms with Gasteiger partial charge in [0.15, 0.2) is 0 Å². The van der Waals surface area contributed by atoms with Crippen molar-refractivity contribution in [1.29, 1.82) is 0 Å². The van der Waals surface area contributed by atoms with E-state index in [1.807, 2.05) is 30.3 Å². The molecule has 0 aliphatic heterocycles. The first kappa shape index (κ1) is 13.3. The van der Waals surface area contributed by atoms with Crippen molar-refractivity contribution in [1.82, 2.24) is 0 Å². The summed E-state index contributed by atoms with van der Waals surface area (Å²) in [6, 6.07) is 18.3. The van der Waals surface area contributed by atoms with Gasteiger partial charge in [-0.15, -0.1) is 0 Å². The summed E-state index contributed by atoms with van der Waals surface area (Å²) < 4.78 is 0. The number of hydrogen-bond donors (Lipinski definition) is 1. The molecule has 0 saturated heterocycles. The standard InChI is InChI=1S/C17H18O2/c18-17(19)13-16-11-9-15(10-12-16)8-4-7-14-5-2-1-3-6-14/h1-3,5-6,9-12H,4,7-8,13H2,(H,18,19). The maximum absolute atomic E-state index is 10.6. The van der Waals surface area contributed by atoms with Gasteiger partial charge in [-0.3, -0.25) is 4.79 Å². The summed E-state index contributed by atoms with van der Waals surface area (Å²) in [5.74, 6) is -0.781. The molecule has 98 valence electrons. The average Bonchev–Trinajstić information content (AvgIpc) is 2.41. The van der Waals surface area contributed by atoms with Gasteiger partial charge in [0.25, 0.3) is 0 Å². The number of hydrogen-bond acceptors (Lipinski definition) is 1. The van der Waals surface area contributed by atoms with E-state index in [1.165, 1.54) is 11.1 Å². The lowest BCUT2D eigenvalue weighted by Gasteiger charge is -2.03. The van der Waals surface area contributed by atoms with Gasteiger partial charge < -0.3 is 5.11 Å². The van der Waals surface area contributed by atoms with Crippen molar-refractivity contribution in [2.75, 3.05) is 0 Å². The number of benzene rings is 2. The average molecular weight is 254 g/mol. The molecule has 0 aliphatic carbocycles. The highest BCUT2D eigenvalue weighted by molar-refractivity contribution is 5.70. The maximum Gasteiger partial charge on any atom is 0.307 e. The molecule has 0 unspecified atom stereocenters. The molecule has 2 nitrogen and oxygen atoms in total. The fourth-order valence-electron chi connectivity index (χ4n) is 2.14. The minimum absolute atomic E-state index is 0.101. The van der Waals surface area contributed by atoms with Crippen LogP contribution in [0.25, 0.3) is 0 Å². The van der Waals surface area contributed by atoms with Crippen LogP contribution in [-0.2, 0) is 24.1 Å². The van der Waals surface area contributed by atoms with Crippen LogP contribution in [0.4, 0.5) is 0 Å². The molecule has 0 radical (unpaired) electrons. The number of carboxylic acids is 1. The van der Waals surface area contributed by atoms with Gasteiger partial charge in [0.1, 0.15) is 0 Å². The van der Waals surface area contributed by atoms with Crippen molar-refractivity contribution >= 4 is 5.97 Å². The molecule has 2 heteroatoms. The summed E-state index contributed by atoms with van der Waals surface area (Å²) in [5, 5.41) is 8.70. The molecular formula is C17H18O2. The molecule has 2 rings (SSSR count). The molecule has 0 bridgehead atoms. The molecule has 0 aliphatic rings. The molecule has 0 amide bonds. The number of carbonyl (C=O) groups is 1. The first-order valence-electron chi connectivity index (χ1n) is 6.57. The summed E-state index contributed by atoms with van der Waals surface area (Å²) in [6.45, 7) is 0. The molecule has 2 aromatic rings. The van der Waals surface area contributed by atoms with Crippen molar-refractivity contribution in [3.8, 4) is 0 Å². The van der Waals surface area contributed by atoms with E-state index < -0.39 is 5.97 Å². The van der Waals surface area contributed by atoms with E-state index in [9.17, 15) is 4.79 Å². The van der Waals surface area contributed by atoms with Gasteiger partial charge in [0.2, 0.25) is 0 Å². The van der Waals surface area contributed by atoms with E-state index in [4.69, 9.17) is 5.11 Å². The molecule has 0 saturated carbocycles. The van der Waals surface area contributed by atoms with Crippen molar-refractivity contribution in [3.05, 3.63) is 71.3 Å². The Morgan fingerprint density at radius 3 is 1.89 bits per heavy atom. The lowest BCUT2D eigenvalue weighted by Crippen LogP contribution is -2.00. The fraction of sp³-hybridized carbons (Fsp3) is 0.235. The third kappa shape index (κ3) is 4.59. The van der Waals surface area contributed by atoms with Crippen molar-refractivity contribution < 1.29 is 9.90 Å². The molecule has 1 N–H and O–H groups in total. The number of aryl methyl sites for hydroxylation is 2. The lowest BCUT2D eigenvalue weighted by molar-refractivity contribution is -0.136. The minimum atomic E-state index is -0.781. The van der Waals surface area contributed by atoms with Crippen LogP contribution in [0.3, 0.4) is 0 Å². The van der Waals surface area contributed by atoms with Gasteiger partial charge in [0.05, 0.1) is 6.42 Å². The summed E-state index contributed by atoms with van der Waals surface area (Å²) in [7, 11) is 0. The topological polar surface area (TPSA) is 37.3 Å². The number of rotatable bonds is 6. The van der Waals surface area contributed by atoms with Crippen LogP contribution in [-0.4, -0.2) is 11.1 Å². The van der Waals surface area contributed by atoms with Crippen LogP contribution >= 0.6 is 0 Å². The van der Waals surface area contributed by atoms with Crippen LogP contribution in [0.2, 0.25) is 0 Å². The smallest absolute Gasteiger partial charge is 0.307 e. The van der Waals surface area contributed by atoms with Crippen molar-refractivity contribution in [3.63, 3.8) is 0 Å². The summed E-state index contributed by atoms with van der Waals surface area (Å²) in [6.07, 6.45) is 3.33. The van der Waals surface area contributed by atoms with Gasteiger partial charge in [-0.25, -0.2) is 0 Å². The number of carboxylic acid groups (broad SMARTS) is 1. The summed E-state index contributed by atoms with van der Waals surface area (Å²) in [5.41, 5.74) is 3.49. The zero-order valence-electron chi connectivity index (χ0n) is 10.9. The monoisotopic (exact) mass is 254 g/mol. The summed E-state index contributed by atoms with van der Waals surface area (Å²) in [4.78, 5) is 10.6. The van der Waals surface area contributed by atoms with Crippen LogP contribution in [0, 0.1) is 0 Å². The Morgan fingerprint density at radius 1 is 0.789 bits per heavy atom. The zero-order valence-corrected chi connectivity index (χ0v) is 10.9. The first-order chi connectivity index (χ1) is 9.24. The zero-order chi connectivity index (χ0) is 13.5. The van der Waals surface area contributed by atoms with Crippen LogP contribution < -0.4 is 0 Å². The molecule has 0 atom stereocenters. The van der Waals surface area contributed by atoms with Crippen LogP contribution in [0.15, 0.2) is 54.6 Å². The molecule has 0 aromatic heterocycles. The Hall–Kier alpha value is -2.09. The van der Waals surface area contributed by atoms with E-state index in [-0.39, 0.29) is 6.42 Å². The minimum Gasteiger partial charge on any atom is -0.481 e. The van der Waals surface area contributed by atoms with E-state index in [0.29, 0.717) is 0 Å². The van der Waals surface area contributed by atoms with Gasteiger partial charge in [-0.05, 0) is 36.0 Å². The molecular weight excluding hydrogens is 236 g/mol. The second-order valence-electron chi connectivity index (χ2n) is 4.73. The molecule has 0 fully saturated rings. The normalized spacial score (nSPS) is 10.3. The highest BCUT2D eigenvalue weighted by Gasteiger charge is 2.00. The van der Waals surface area contributed by atoms with E-state index >= 15 is 0 Å². The Balaban J connectivity index is 1.81. The van der Waals surface area contributed by atoms with Crippen molar-refractivity contribution in [2.45, 2.75) is 25.7 Å². The number of aliphatic carboxylic acids is 1. The predicted molar refractivity (Wildman–Crippen MR) is 76.2 cm³/mol. The van der Waals surface area contributed by atoms with Crippen LogP contribution in [0.5, 0.6) is 0 Å². The largest absolute Gasteiger partial charge is 0.481 e. The van der Waals surface area contributed by atoms with E-state index in [0.717, 1.165) is 24.8 Å². The van der Waals surface area contributed by atoms with Gasteiger partial charge in [0, 0.05) is 0 Å². The van der Waals surface area contributed by atoms with Gasteiger partial charge in [-0.2, -0.15) is 0 Å².